The predicted molar refractivity (Wildman–Crippen MR) is 71.6 cm³/mol. The van der Waals surface area contributed by atoms with Crippen molar-refractivity contribution < 1.29 is 14.4 Å². The molecule has 0 aliphatic rings. The first kappa shape index (κ1) is 13.5. The van der Waals surface area contributed by atoms with Crippen molar-refractivity contribution in [3.63, 3.8) is 0 Å². The van der Waals surface area contributed by atoms with Gasteiger partial charge in [-0.3, -0.25) is 0 Å². The molecule has 0 saturated carbocycles. The topological polar surface area (TPSA) is 76.2 Å². The predicted octanol–water partition coefficient (Wildman–Crippen LogP) is 3.34. The van der Waals surface area contributed by atoms with Gasteiger partial charge in [0.25, 0.3) is 5.71 Å². The smallest absolute Gasteiger partial charge is 0.336 e. The van der Waals surface area contributed by atoms with Gasteiger partial charge in [0.15, 0.2) is 0 Å². The first-order valence-electron chi connectivity index (χ1n) is 6.26. The van der Waals surface area contributed by atoms with E-state index in [1.807, 2.05) is 34.6 Å². The third kappa shape index (κ3) is 2.32. The highest BCUT2D eigenvalue weighted by Gasteiger charge is 2.25. The van der Waals surface area contributed by atoms with E-state index in [9.17, 15) is 9.90 Å². The van der Waals surface area contributed by atoms with E-state index in [-0.39, 0.29) is 16.9 Å². The monoisotopic (exact) mass is 262 g/mol. The molecule has 5 nitrogen and oxygen atoms in total. The summed E-state index contributed by atoms with van der Waals surface area (Å²) in [5, 5.41) is 13.9. The van der Waals surface area contributed by atoms with Gasteiger partial charge in [0.1, 0.15) is 0 Å². The molecule has 5 heteroatoms. The summed E-state index contributed by atoms with van der Waals surface area (Å²) in [5.74, 6) is -0.898. The van der Waals surface area contributed by atoms with Crippen LogP contribution in [-0.2, 0) is 5.41 Å². The molecule has 0 bridgehead atoms. The van der Waals surface area contributed by atoms with Crippen molar-refractivity contribution in [1.82, 2.24) is 10.1 Å². The molecule has 0 spiro atoms. The van der Waals surface area contributed by atoms with Crippen LogP contribution in [0.3, 0.4) is 0 Å². The summed E-state index contributed by atoms with van der Waals surface area (Å²) >= 11 is 0. The molecule has 0 atom stereocenters. The Morgan fingerprint density at radius 1 is 1.37 bits per heavy atom. The average molecular weight is 262 g/mol. The summed E-state index contributed by atoms with van der Waals surface area (Å²) in [5.41, 5.74) is 1.58. The fraction of sp³-hybridized carbons (Fsp3) is 0.500. The molecule has 2 heterocycles. The molecule has 0 fully saturated rings. The standard InChI is InChI=1S/C14H18N2O3/c1-7(2)11-10-8(13(17)18)6-9(14(3,4)5)15-12(10)19-16-11/h6-7H,1-5H3,(H,17,18). The Morgan fingerprint density at radius 2 is 2.00 bits per heavy atom. The van der Waals surface area contributed by atoms with Gasteiger partial charge in [0.2, 0.25) is 0 Å². The van der Waals surface area contributed by atoms with Crippen LogP contribution in [-0.4, -0.2) is 21.2 Å². The van der Waals surface area contributed by atoms with E-state index >= 15 is 0 Å². The largest absolute Gasteiger partial charge is 0.478 e. The highest BCUT2D eigenvalue weighted by Crippen LogP contribution is 2.30. The minimum Gasteiger partial charge on any atom is -0.478 e. The van der Waals surface area contributed by atoms with Gasteiger partial charge < -0.3 is 9.63 Å². The normalized spacial score (nSPS) is 12.3. The number of hydrogen-bond acceptors (Lipinski definition) is 4. The number of carboxylic acids is 1. The zero-order chi connectivity index (χ0) is 14.4. The maximum absolute atomic E-state index is 11.5. The summed E-state index contributed by atoms with van der Waals surface area (Å²) in [6.07, 6.45) is 0. The van der Waals surface area contributed by atoms with Crippen molar-refractivity contribution in [3.05, 3.63) is 23.0 Å². The van der Waals surface area contributed by atoms with Gasteiger partial charge in [-0.1, -0.05) is 39.8 Å². The van der Waals surface area contributed by atoms with Gasteiger partial charge >= 0.3 is 5.97 Å². The van der Waals surface area contributed by atoms with Crippen LogP contribution in [0.15, 0.2) is 10.6 Å². The molecule has 0 unspecified atom stereocenters. The van der Waals surface area contributed by atoms with Gasteiger partial charge in [0, 0.05) is 5.41 Å². The third-order valence-corrected chi connectivity index (χ3v) is 3.02. The molecule has 2 aromatic heterocycles. The molecule has 0 aliphatic heterocycles. The average Bonchev–Trinajstić information content (AvgIpc) is 2.69. The summed E-state index contributed by atoms with van der Waals surface area (Å²) in [7, 11) is 0. The molecular weight excluding hydrogens is 244 g/mol. The summed E-state index contributed by atoms with van der Waals surface area (Å²) < 4.78 is 5.21. The number of fused-ring (bicyclic) bond motifs is 1. The van der Waals surface area contributed by atoms with Gasteiger partial charge in [-0.15, -0.1) is 0 Å². The maximum Gasteiger partial charge on any atom is 0.336 e. The number of hydrogen-bond donors (Lipinski definition) is 1. The van der Waals surface area contributed by atoms with Crippen molar-refractivity contribution in [3.8, 4) is 0 Å². The summed E-state index contributed by atoms with van der Waals surface area (Å²) in [6, 6.07) is 1.62. The van der Waals surface area contributed by atoms with Crippen molar-refractivity contribution in [1.29, 1.82) is 0 Å². The number of rotatable bonds is 2. The Hall–Kier alpha value is -1.91. The maximum atomic E-state index is 11.5. The number of nitrogens with zero attached hydrogens (tertiary/aromatic N) is 2. The third-order valence-electron chi connectivity index (χ3n) is 3.02. The zero-order valence-electron chi connectivity index (χ0n) is 11.8. The van der Waals surface area contributed by atoms with Crippen LogP contribution in [0, 0.1) is 0 Å². The summed E-state index contributed by atoms with van der Waals surface area (Å²) in [6.45, 7) is 9.83. The van der Waals surface area contributed by atoms with Gasteiger partial charge in [-0.2, -0.15) is 0 Å². The van der Waals surface area contributed by atoms with E-state index in [1.165, 1.54) is 0 Å². The minimum atomic E-state index is -0.983. The second kappa shape index (κ2) is 4.33. The van der Waals surface area contributed by atoms with Crippen LogP contribution in [0.4, 0.5) is 0 Å². The molecule has 0 aromatic carbocycles. The lowest BCUT2D eigenvalue weighted by atomic mass is 9.90. The van der Waals surface area contributed by atoms with Gasteiger partial charge in [-0.05, 0) is 12.0 Å². The summed E-state index contributed by atoms with van der Waals surface area (Å²) in [4.78, 5) is 15.9. The number of carbonyl (C=O) groups is 1. The van der Waals surface area contributed by atoms with E-state index in [0.29, 0.717) is 22.5 Å². The lowest BCUT2D eigenvalue weighted by Crippen LogP contribution is -2.15. The Bertz CT molecular complexity index is 636. The molecule has 0 aliphatic carbocycles. The number of aromatic carboxylic acids is 1. The SMILES string of the molecule is CC(C)c1noc2nc(C(C)(C)C)cc(C(=O)O)c12. The van der Waals surface area contributed by atoms with Crippen LogP contribution < -0.4 is 0 Å². The molecule has 102 valence electrons. The van der Waals surface area contributed by atoms with Crippen LogP contribution >= 0.6 is 0 Å². The van der Waals surface area contributed by atoms with Crippen LogP contribution in [0.1, 0.15) is 62.3 Å². The van der Waals surface area contributed by atoms with E-state index < -0.39 is 5.97 Å². The number of carboxylic acid groups (broad SMARTS) is 1. The molecule has 0 amide bonds. The lowest BCUT2D eigenvalue weighted by Gasteiger charge is -2.17. The molecule has 19 heavy (non-hydrogen) atoms. The van der Waals surface area contributed by atoms with E-state index in [0.717, 1.165) is 0 Å². The van der Waals surface area contributed by atoms with Gasteiger partial charge in [0.05, 0.1) is 22.3 Å². The fourth-order valence-corrected chi connectivity index (χ4v) is 1.92. The van der Waals surface area contributed by atoms with Crippen molar-refractivity contribution in [2.24, 2.45) is 0 Å². The van der Waals surface area contributed by atoms with Gasteiger partial charge in [-0.25, -0.2) is 9.78 Å². The van der Waals surface area contributed by atoms with Crippen molar-refractivity contribution in [2.45, 2.75) is 46.0 Å². The molecule has 1 N–H and O–H groups in total. The van der Waals surface area contributed by atoms with Crippen molar-refractivity contribution in [2.75, 3.05) is 0 Å². The minimum absolute atomic E-state index is 0.0848. The first-order valence-corrected chi connectivity index (χ1v) is 6.26. The molecule has 2 aromatic rings. The lowest BCUT2D eigenvalue weighted by molar-refractivity contribution is 0.0698. The highest BCUT2D eigenvalue weighted by atomic mass is 16.5. The Morgan fingerprint density at radius 3 is 2.47 bits per heavy atom. The highest BCUT2D eigenvalue weighted by molar-refractivity contribution is 6.02. The van der Waals surface area contributed by atoms with Crippen molar-refractivity contribution >= 4 is 17.1 Å². The molecule has 2 rings (SSSR count). The Kier molecular flexibility index (Phi) is 3.08. The second-order valence-corrected chi connectivity index (χ2v) is 6.01. The first-order chi connectivity index (χ1) is 8.71. The molecule has 0 radical (unpaired) electrons. The quantitative estimate of drug-likeness (QED) is 0.898. The second-order valence-electron chi connectivity index (χ2n) is 6.01. The van der Waals surface area contributed by atoms with E-state index in [4.69, 9.17) is 4.52 Å². The fourth-order valence-electron chi connectivity index (χ4n) is 1.92. The number of aromatic nitrogens is 2. The Balaban J connectivity index is 2.82. The van der Waals surface area contributed by atoms with E-state index in [2.05, 4.69) is 10.1 Å². The number of pyridine rings is 1. The van der Waals surface area contributed by atoms with Crippen LogP contribution in [0.25, 0.3) is 11.1 Å². The van der Waals surface area contributed by atoms with Crippen LogP contribution in [0.5, 0.6) is 0 Å². The zero-order valence-corrected chi connectivity index (χ0v) is 11.8. The Labute approximate surface area is 111 Å². The van der Waals surface area contributed by atoms with Crippen LogP contribution in [0.2, 0.25) is 0 Å². The molecule has 0 saturated heterocycles. The van der Waals surface area contributed by atoms with E-state index in [1.54, 1.807) is 6.07 Å². The molecular formula is C14H18N2O3.